The third-order valence-electron chi connectivity index (χ3n) is 2.75. The van der Waals surface area contributed by atoms with Crippen molar-refractivity contribution in [1.82, 2.24) is 0 Å². The molecule has 102 valence electrons. The van der Waals surface area contributed by atoms with Crippen LogP contribution >= 0.6 is 11.6 Å². The minimum absolute atomic E-state index is 0.511. The monoisotopic (exact) mass is 271 g/mol. The van der Waals surface area contributed by atoms with Gasteiger partial charge in [-0.3, -0.25) is 0 Å². The van der Waals surface area contributed by atoms with Gasteiger partial charge in [0.1, 0.15) is 0 Å². The Labute approximate surface area is 114 Å². The Hall–Kier alpha value is -0.770. The van der Waals surface area contributed by atoms with Gasteiger partial charge < -0.3 is 15.1 Å². The highest BCUT2D eigenvalue weighted by Gasteiger charge is 2.19. The Morgan fingerprint density at radius 2 is 2.00 bits per heavy atom. The highest BCUT2D eigenvalue weighted by Crippen LogP contribution is 2.29. The fourth-order valence-corrected chi connectivity index (χ4v) is 2.18. The molecule has 2 N–H and O–H groups in total. The Kier molecular flexibility index (Phi) is 5.02. The molecule has 18 heavy (non-hydrogen) atoms. The Morgan fingerprint density at radius 3 is 2.39 bits per heavy atom. The second kappa shape index (κ2) is 5.91. The van der Waals surface area contributed by atoms with Gasteiger partial charge in [0.2, 0.25) is 0 Å². The summed E-state index contributed by atoms with van der Waals surface area (Å²) in [5.41, 5.74) is 0.899. The molecule has 1 aromatic rings. The molecule has 0 aliphatic carbocycles. The molecule has 3 nitrogen and oxygen atoms in total. The first-order chi connectivity index (χ1) is 8.24. The van der Waals surface area contributed by atoms with Crippen molar-refractivity contribution >= 4 is 17.3 Å². The van der Waals surface area contributed by atoms with Crippen LogP contribution in [0.1, 0.15) is 39.4 Å². The van der Waals surface area contributed by atoms with E-state index in [2.05, 4.69) is 0 Å². The first-order valence-corrected chi connectivity index (χ1v) is 6.57. The number of likely N-dealkylation sites (N-methyl/N-ethyl adjacent to an activating group) is 1. The van der Waals surface area contributed by atoms with E-state index in [1.165, 1.54) is 0 Å². The van der Waals surface area contributed by atoms with Crippen LogP contribution in [0.3, 0.4) is 0 Å². The molecule has 0 unspecified atom stereocenters. The fraction of sp³-hybridized carbons (Fsp3) is 0.571. The molecule has 0 radical (unpaired) electrons. The lowest BCUT2D eigenvalue weighted by molar-refractivity contribution is 0.0876. The molecule has 0 amide bonds. The van der Waals surface area contributed by atoms with Crippen LogP contribution in [-0.4, -0.2) is 28.9 Å². The number of anilines is 1. The lowest BCUT2D eigenvalue weighted by atomic mass is 10.1. The minimum atomic E-state index is -0.776. The lowest BCUT2D eigenvalue weighted by Gasteiger charge is -2.30. The first kappa shape index (κ1) is 15.3. The van der Waals surface area contributed by atoms with Crippen molar-refractivity contribution in [3.63, 3.8) is 0 Å². The van der Waals surface area contributed by atoms with E-state index in [0.717, 1.165) is 17.8 Å². The first-order valence-electron chi connectivity index (χ1n) is 6.19. The highest BCUT2D eigenvalue weighted by atomic mass is 35.5. The number of nitrogens with zero attached hydrogens (tertiary/aromatic N) is 1. The Balaban J connectivity index is 3.00. The molecule has 0 saturated heterocycles. The van der Waals surface area contributed by atoms with Gasteiger partial charge in [-0.1, -0.05) is 17.7 Å². The van der Waals surface area contributed by atoms with Gasteiger partial charge in [0.05, 0.1) is 22.4 Å². The summed E-state index contributed by atoms with van der Waals surface area (Å²) >= 11 is 6.24. The van der Waals surface area contributed by atoms with Crippen molar-refractivity contribution < 1.29 is 10.2 Å². The van der Waals surface area contributed by atoms with Crippen molar-refractivity contribution in [2.75, 3.05) is 18.0 Å². The summed E-state index contributed by atoms with van der Waals surface area (Å²) < 4.78 is 0. The molecule has 1 aromatic carbocycles. The number of aliphatic hydroxyl groups is 2. The molecule has 4 heteroatoms. The van der Waals surface area contributed by atoms with Gasteiger partial charge in [0, 0.05) is 13.1 Å². The maximum absolute atomic E-state index is 9.89. The van der Waals surface area contributed by atoms with E-state index < -0.39 is 11.7 Å². The molecule has 0 fully saturated rings. The van der Waals surface area contributed by atoms with Crippen molar-refractivity contribution in [2.45, 2.75) is 39.4 Å². The zero-order valence-corrected chi connectivity index (χ0v) is 12.2. The smallest absolute Gasteiger partial charge is 0.0765 e. The van der Waals surface area contributed by atoms with E-state index in [0.29, 0.717) is 11.6 Å². The third kappa shape index (κ3) is 4.16. The van der Waals surface area contributed by atoms with Crippen molar-refractivity contribution in [1.29, 1.82) is 0 Å². The maximum Gasteiger partial charge on any atom is 0.0765 e. The average molecular weight is 272 g/mol. The number of rotatable bonds is 5. The van der Waals surface area contributed by atoms with E-state index in [-0.39, 0.29) is 0 Å². The summed E-state index contributed by atoms with van der Waals surface area (Å²) in [5.74, 6) is 0. The maximum atomic E-state index is 9.89. The van der Waals surface area contributed by atoms with E-state index >= 15 is 0 Å². The third-order valence-corrected chi connectivity index (χ3v) is 3.06. The molecule has 0 heterocycles. The molecule has 0 spiro atoms. The van der Waals surface area contributed by atoms with Crippen molar-refractivity contribution in [2.24, 2.45) is 0 Å². The molecule has 0 aromatic heterocycles. The van der Waals surface area contributed by atoms with E-state index in [9.17, 15) is 10.2 Å². The number of benzene rings is 1. The molecule has 0 bridgehead atoms. The Bertz CT molecular complexity index is 399. The van der Waals surface area contributed by atoms with Crippen LogP contribution < -0.4 is 4.90 Å². The highest BCUT2D eigenvalue weighted by molar-refractivity contribution is 6.33. The molecule has 0 saturated carbocycles. The summed E-state index contributed by atoms with van der Waals surface area (Å²) in [5, 5.41) is 20.0. The van der Waals surface area contributed by atoms with Crippen LogP contribution in [0.5, 0.6) is 0 Å². The van der Waals surface area contributed by atoms with Crippen LogP contribution in [0.4, 0.5) is 5.69 Å². The Morgan fingerprint density at radius 1 is 1.39 bits per heavy atom. The quantitative estimate of drug-likeness (QED) is 0.865. The predicted octanol–water partition coefficient (Wildman–Crippen LogP) is 2.99. The van der Waals surface area contributed by atoms with Crippen LogP contribution in [0.25, 0.3) is 0 Å². The largest absolute Gasteiger partial charge is 0.389 e. The molecule has 0 aliphatic heterocycles. The minimum Gasteiger partial charge on any atom is -0.389 e. The standard InChI is InChI=1S/C14H22ClNO2/c1-5-16(9-14(3,4)18)13-7-6-11(10(2)17)8-12(13)15/h6-8,10,17-18H,5,9H2,1-4H3/t10-/m1/s1. The van der Waals surface area contributed by atoms with Gasteiger partial charge in [-0.15, -0.1) is 0 Å². The molecular weight excluding hydrogens is 250 g/mol. The fourth-order valence-electron chi connectivity index (χ4n) is 1.87. The number of halogens is 1. The van der Waals surface area contributed by atoms with Crippen molar-refractivity contribution in [3.8, 4) is 0 Å². The van der Waals surface area contributed by atoms with Gasteiger partial charge in [0.15, 0.2) is 0 Å². The molecule has 1 rings (SSSR count). The van der Waals surface area contributed by atoms with E-state index in [1.807, 2.05) is 24.0 Å². The van der Waals surface area contributed by atoms with Crippen molar-refractivity contribution in [3.05, 3.63) is 28.8 Å². The lowest BCUT2D eigenvalue weighted by Crippen LogP contribution is -2.38. The number of hydrogen-bond donors (Lipinski definition) is 2. The summed E-state index contributed by atoms with van der Waals surface area (Å²) in [6.45, 7) is 8.54. The van der Waals surface area contributed by atoms with Gasteiger partial charge in [-0.05, 0) is 45.4 Å². The van der Waals surface area contributed by atoms with Crippen LogP contribution in [-0.2, 0) is 0 Å². The zero-order chi connectivity index (χ0) is 13.9. The molecular formula is C14H22ClNO2. The second-order valence-electron chi connectivity index (χ2n) is 5.21. The van der Waals surface area contributed by atoms with Crippen LogP contribution in [0.2, 0.25) is 5.02 Å². The number of hydrogen-bond acceptors (Lipinski definition) is 3. The topological polar surface area (TPSA) is 43.7 Å². The predicted molar refractivity (Wildman–Crippen MR) is 76.3 cm³/mol. The van der Waals surface area contributed by atoms with Gasteiger partial charge >= 0.3 is 0 Å². The summed E-state index contributed by atoms with van der Waals surface area (Å²) in [7, 11) is 0. The SMILES string of the molecule is CCN(CC(C)(C)O)c1ccc([C@@H](C)O)cc1Cl. The van der Waals surface area contributed by atoms with E-state index in [1.54, 1.807) is 26.8 Å². The van der Waals surface area contributed by atoms with Crippen LogP contribution in [0.15, 0.2) is 18.2 Å². The van der Waals surface area contributed by atoms with E-state index in [4.69, 9.17) is 11.6 Å². The summed E-state index contributed by atoms with van der Waals surface area (Å²) in [6, 6.07) is 5.52. The van der Waals surface area contributed by atoms with Gasteiger partial charge in [0.25, 0.3) is 0 Å². The zero-order valence-electron chi connectivity index (χ0n) is 11.4. The van der Waals surface area contributed by atoms with Gasteiger partial charge in [-0.2, -0.15) is 0 Å². The second-order valence-corrected chi connectivity index (χ2v) is 5.62. The molecule has 1 atom stereocenters. The number of aliphatic hydroxyl groups excluding tert-OH is 1. The molecule has 0 aliphatic rings. The van der Waals surface area contributed by atoms with Gasteiger partial charge in [-0.25, -0.2) is 0 Å². The summed E-state index contributed by atoms with van der Waals surface area (Å²) in [4.78, 5) is 2.02. The van der Waals surface area contributed by atoms with Crippen LogP contribution in [0, 0.1) is 0 Å². The normalized spacial score (nSPS) is 13.5. The summed E-state index contributed by atoms with van der Waals surface area (Å²) in [6.07, 6.45) is -0.527. The average Bonchev–Trinajstić information content (AvgIpc) is 2.24.